The van der Waals surface area contributed by atoms with E-state index in [9.17, 15) is 13.2 Å². The first-order valence-electron chi connectivity index (χ1n) is 6.53. The molecule has 0 bridgehead atoms. The van der Waals surface area contributed by atoms with Crippen LogP contribution in [0.3, 0.4) is 0 Å². The molecule has 110 valence electrons. The molecule has 0 radical (unpaired) electrons. The van der Waals surface area contributed by atoms with Gasteiger partial charge in [0, 0.05) is 24.9 Å². The van der Waals surface area contributed by atoms with Crippen LogP contribution < -0.4 is 0 Å². The number of carbonyl (C=O) groups excluding carboxylic acids is 1. The summed E-state index contributed by atoms with van der Waals surface area (Å²) >= 11 is 0. The van der Waals surface area contributed by atoms with E-state index in [2.05, 4.69) is 0 Å². The normalized spacial score (nSPS) is 19.9. The molecule has 1 fully saturated rings. The van der Waals surface area contributed by atoms with Gasteiger partial charge in [-0.15, -0.1) is 0 Å². The summed E-state index contributed by atoms with van der Waals surface area (Å²) in [6.07, 6.45) is 1.25. The Morgan fingerprint density at radius 3 is 2.55 bits per heavy atom. The van der Waals surface area contributed by atoms with Crippen LogP contribution in [0, 0.1) is 0 Å². The lowest BCUT2D eigenvalue weighted by molar-refractivity contribution is -0.0124. The van der Waals surface area contributed by atoms with Gasteiger partial charge in [-0.3, -0.25) is 4.79 Å². The third-order valence-electron chi connectivity index (χ3n) is 3.16. The molecule has 0 spiro atoms. The number of hydrogen-bond donors (Lipinski definition) is 0. The molecule has 0 aromatic heterocycles. The van der Waals surface area contributed by atoms with E-state index in [4.69, 9.17) is 4.74 Å². The summed E-state index contributed by atoms with van der Waals surface area (Å²) in [5, 5.41) is 0. The molecule has 1 heterocycles. The Kier molecular flexibility index (Phi) is 4.45. The molecule has 1 atom stereocenters. The number of benzene rings is 1. The highest BCUT2D eigenvalue weighted by Crippen LogP contribution is 2.13. The minimum absolute atomic E-state index is 0.00391. The van der Waals surface area contributed by atoms with Crippen LogP contribution in [-0.2, 0) is 20.3 Å². The van der Waals surface area contributed by atoms with Crippen LogP contribution in [0.15, 0.2) is 24.3 Å². The zero-order valence-electron chi connectivity index (χ0n) is 11.7. The van der Waals surface area contributed by atoms with Crippen molar-refractivity contribution in [1.82, 2.24) is 4.90 Å². The summed E-state index contributed by atoms with van der Waals surface area (Å²) in [5.41, 5.74) is 1.27. The minimum Gasteiger partial charge on any atom is -0.375 e. The van der Waals surface area contributed by atoms with Crippen molar-refractivity contribution in [2.45, 2.75) is 18.8 Å². The van der Waals surface area contributed by atoms with Gasteiger partial charge in [-0.1, -0.05) is 12.1 Å². The molecular weight excluding hydrogens is 278 g/mol. The van der Waals surface area contributed by atoms with E-state index < -0.39 is 9.84 Å². The number of ether oxygens (including phenoxy) is 1. The number of morpholine rings is 1. The van der Waals surface area contributed by atoms with Gasteiger partial charge >= 0.3 is 0 Å². The fourth-order valence-electron chi connectivity index (χ4n) is 2.23. The summed E-state index contributed by atoms with van der Waals surface area (Å²) in [5.74, 6) is -0.0400. The zero-order valence-corrected chi connectivity index (χ0v) is 12.5. The quantitative estimate of drug-likeness (QED) is 0.838. The molecule has 1 unspecified atom stereocenters. The smallest absolute Gasteiger partial charge is 0.254 e. The predicted molar refractivity (Wildman–Crippen MR) is 76.3 cm³/mol. The second-order valence-electron chi connectivity index (χ2n) is 5.20. The lowest BCUT2D eigenvalue weighted by atomic mass is 10.1. The van der Waals surface area contributed by atoms with Crippen molar-refractivity contribution < 1.29 is 17.9 Å². The molecule has 1 aromatic carbocycles. The number of sulfone groups is 1. The highest BCUT2D eigenvalue weighted by atomic mass is 32.2. The summed E-state index contributed by atoms with van der Waals surface area (Å²) in [7, 11) is -3.05. The number of amides is 1. The van der Waals surface area contributed by atoms with Gasteiger partial charge in [0.1, 0.15) is 0 Å². The van der Waals surface area contributed by atoms with Crippen LogP contribution in [0.5, 0.6) is 0 Å². The van der Waals surface area contributed by atoms with E-state index in [0.29, 0.717) is 30.8 Å². The molecule has 5 nitrogen and oxygen atoms in total. The monoisotopic (exact) mass is 297 g/mol. The molecule has 1 aromatic rings. The van der Waals surface area contributed by atoms with Crippen molar-refractivity contribution >= 4 is 15.7 Å². The predicted octanol–water partition coefficient (Wildman–Crippen LogP) is 1.09. The van der Waals surface area contributed by atoms with Crippen LogP contribution in [0.2, 0.25) is 0 Å². The molecule has 0 N–H and O–H groups in total. The average Bonchev–Trinajstić information content (AvgIpc) is 2.37. The fraction of sp³-hybridized carbons (Fsp3) is 0.500. The molecule has 2 rings (SSSR count). The van der Waals surface area contributed by atoms with Gasteiger partial charge in [-0.2, -0.15) is 0 Å². The molecule has 1 amide bonds. The topological polar surface area (TPSA) is 63.7 Å². The number of hydrogen-bond acceptors (Lipinski definition) is 4. The van der Waals surface area contributed by atoms with Crippen molar-refractivity contribution in [1.29, 1.82) is 0 Å². The Labute approximate surface area is 119 Å². The van der Waals surface area contributed by atoms with E-state index in [1.165, 1.54) is 6.26 Å². The van der Waals surface area contributed by atoms with Gasteiger partial charge < -0.3 is 9.64 Å². The summed E-state index contributed by atoms with van der Waals surface area (Å²) in [4.78, 5) is 14.1. The molecular formula is C14H19NO4S. The van der Waals surface area contributed by atoms with Crippen LogP contribution in [0.25, 0.3) is 0 Å². The van der Waals surface area contributed by atoms with E-state index in [1.807, 2.05) is 6.92 Å². The van der Waals surface area contributed by atoms with E-state index in [-0.39, 0.29) is 17.8 Å². The largest absolute Gasteiger partial charge is 0.375 e. The van der Waals surface area contributed by atoms with Crippen LogP contribution in [0.1, 0.15) is 22.8 Å². The van der Waals surface area contributed by atoms with E-state index in [0.717, 1.165) is 0 Å². The van der Waals surface area contributed by atoms with E-state index >= 15 is 0 Å². The van der Waals surface area contributed by atoms with Gasteiger partial charge in [0.15, 0.2) is 9.84 Å². The summed E-state index contributed by atoms with van der Waals surface area (Å²) in [6.45, 7) is 3.67. The molecule has 1 saturated heterocycles. The van der Waals surface area contributed by atoms with Crippen LogP contribution >= 0.6 is 0 Å². The molecule has 20 heavy (non-hydrogen) atoms. The highest BCUT2D eigenvalue weighted by molar-refractivity contribution is 7.89. The Hall–Kier alpha value is -1.40. The number of nitrogens with zero attached hydrogens (tertiary/aromatic N) is 1. The van der Waals surface area contributed by atoms with Gasteiger partial charge in [0.2, 0.25) is 0 Å². The van der Waals surface area contributed by atoms with Crippen molar-refractivity contribution in [3.63, 3.8) is 0 Å². The van der Waals surface area contributed by atoms with Crippen molar-refractivity contribution in [2.75, 3.05) is 26.0 Å². The Balaban J connectivity index is 2.07. The fourth-order valence-corrected chi connectivity index (χ4v) is 3.03. The van der Waals surface area contributed by atoms with E-state index in [1.54, 1.807) is 29.2 Å². The van der Waals surface area contributed by atoms with Crippen molar-refractivity contribution in [3.8, 4) is 0 Å². The molecule has 6 heteroatoms. The lowest BCUT2D eigenvalue weighted by Gasteiger charge is -2.31. The number of carbonyl (C=O) groups is 1. The Morgan fingerprint density at radius 1 is 1.35 bits per heavy atom. The Bertz CT molecular complexity index is 580. The lowest BCUT2D eigenvalue weighted by Crippen LogP contribution is -2.44. The molecule has 0 saturated carbocycles. The first-order chi connectivity index (χ1) is 9.35. The van der Waals surface area contributed by atoms with Crippen molar-refractivity contribution in [3.05, 3.63) is 35.4 Å². The minimum atomic E-state index is -3.05. The first-order valence-corrected chi connectivity index (χ1v) is 8.59. The molecule has 0 aliphatic carbocycles. The first kappa shape index (κ1) is 15.0. The Morgan fingerprint density at radius 2 is 2.00 bits per heavy atom. The van der Waals surface area contributed by atoms with Crippen LogP contribution in [-0.4, -0.2) is 51.3 Å². The second-order valence-corrected chi connectivity index (χ2v) is 7.34. The SMILES string of the molecule is CC1CN(C(=O)c2ccc(CS(C)(=O)=O)cc2)CCO1. The maximum Gasteiger partial charge on any atom is 0.254 e. The maximum absolute atomic E-state index is 12.3. The zero-order chi connectivity index (χ0) is 14.8. The van der Waals surface area contributed by atoms with Gasteiger partial charge in [-0.25, -0.2) is 8.42 Å². The van der Waals surface area contributed by atoms with Gasteiger partial charge in [-0.05, 0) is 24.6 Å². The standard InChI is InChI=1S/C14H19NO4S/c1-11-9-15(7-8-19-11)14(16)13-5-3-12(4-6-13)10-20(2,17)18/h3-6,11H,7-10H2,1-2H3. The molecule has 1 aliphatic rings. The second kappa shape index (κ2) is 5.93. The van der Waals surface area contributed by atoms with Gasteiger partial charge in [0.25, 0.3) is 5.91 Å². The average molecular weight is 297 g/mol. The summed E-state index contributed by atoms with van der Waals surface area (Å²) < 4.78 is 27.8. The maximum atomic E-state index is 12.3. The van der Waals surface area contributed by atoms with Crippen molar-refractivity contribution in [2.24, 2.45) is 0 Å². The third-order valence-corrected chi connectivity index (χ3v) is 4.02. The molecule has 1 aliphatic heterocycles. The van der Waals surface area contributed by atoms with Crippen LogP contribution in [0.4, 0.5) is 0 Å². The third kappa shape index (κ3) is 4.05. The van der Waals surface area contributed by atoms with Gasteiger partial charge in [0.05, 0.1) is 18.5 Å². The summed E-state index contributed by atoms with van der Waals surface area (Å²) in [6, 6.07) is 6.75. The number of rotatable bonds is 3. The highest BCUT2D eigenvalue weighted by Gasteiger charge is 2.22.